The number of benzene rings is 1. The summed E-state index contributed by atoms with van der Waals surface area (Å²) >= 11 is 0. The lowest BCUT2D eigenvalue weighted by Crippen LogP contribution is -2.46. The second-order valence-corrected chi connectivity index (χ2v) is 8.33. The zero-order valence-electron chi connectivity index (χ0n) is 17.2. The molecule has 1 aliphatic rings. The number of nitrogens with one attached hydrogen (secondary N) is 1. The highest BCUT2D eigenvalue weighted by atomic mass is 16.6. The summed E-state index contributed by atoms with van der Waals surface area (Å²) in [5.41, 5.74) is 2.78. The van der Waals surface area contributed by atoms with E-state index >= 15 is 0 Å². The van der Waals surface area contributed by atoms with Crippen LogP contribution in [0.2, 0.25) is 0 Å². The molecule has 1 aromatic carbocycles. The van der Waals surface area contributed by atoms with Crippen LogP contribution >= 0.6 is 0 Å². The molecule has 1 aromatic rings. The highest BCUT2D eigenvalue weighted by molar-refractivity contribution is 5.76. The number of aryl methyl sites for hydroxylation is 1. The Kier molecular flexibility index (Phi) is 7.69. The molecule has 0 unspecified atom stereocenters. The molecule has 27 heavy (non-hydrogen) atoms. The summed E-state index contributed by atoms with van der Waals surface area (Å²) in [5.74, 6) is 0.107. The molecule has 1 N–H and O–H groups in total. The van der Waals surface area contributed by atoms with E-state index in [9.17, 15) is 9.59 Å². The minimum atomic E-state index is -0.250. The highest BCUT2D eigenvalue weighted by Crippen LogP contribution is 2.22. The summed E-state index contributed by atoms with van der Waals surface area (Å²) in [7, 11) is 0. The van der Waals surface area contributed by atoms with E-state index in [0.717, 1.165) is 25.7 Å². The van der Waals surface area contributed by atoms with Crippen LogP contribution in [-0.4, -0.2) is 42.6 Å². The van der Waals surface area contributed by atoms with Crippen molar-refractivity contribution in [1.82, 2.24) is 10.2 Å². The molecule has 0 aliphatic carbocycles. The van der Waals surface area contributed by atoms with Crippen molar-refractivity contribution >= 4 is 12.0 Å². The number of rotatable bonds is 6. The fourth-order valence-electron chi connectivity index (χ4n) is 3.35. The predicted octanol–water partition coefficient (Wildman–Crippen LogP) is 4.04. The predicted molar refractivity (Wildman–Crippen MR) is 108 cm³/mol. The molecule has 0 atom stereocenters. The van der Waals surface area contributed by atoms with Gasteiger partial charge in [-0.1, -0.05) is 45.0 Å². The third kappa shape index (κ3) is 6.89. The van der Waals surface area contributed by atoms with Crippen LogP contribution in [0.1, 0.15) is 64.5 Å². The van der Waals surface area contributed by atoms with Gasteiger partial charge in [-0.15, -0.1) is 0 Å². The van der Waals surface area contributed by atoms with E-state index in [-0.39, 0.29) is 23.5 Å². The molecule has 1 saturated heterocycles. The van der Waals surface area contributed by atoms with Gasteiger partial charge in [0.25, 0.3) is 0 Å². The van der Waals surface area contributed by atoms with Crippen LogP contribution in [0.3, 0.4) is 0 Å². The number of hydrogen-bond donors (Lipinski definition) is 1. The molecule has 5 heteroatoms. The molecule has 150 valence electrons. The summed E-state index contributed by atoms with van der Waals surface area (Å²) in [5, 5.41) is 3.11. The zero-order chi connectivity index (χ0) is 19.9. The first-order chi connectivity index (χ1) is 12.8. The molecule has 1 heterocycles. The van der Waals surface area contributed by atoms with Crippen LogP contribution in [0, 0.1) is 0 Å². The van der Waals surface area contributed by atoms with Gasteiger partial charge in [-0.05, 0) is 49.1 Å². The smallest absolute Gasteiger partial charge is 0.409 e. The summed E-state index contributed by atoms with van der Waals surface area (Å²) in [6, 6.07) is 8.88. The largest absolute Gasteiger partial charge is 0.450 e. The maximum absolute atomic E-state index is 12.2. The minimum Gasteiger partial charge on any atom is -0.450 e. The van der Waals surface area contributed by atoms with E-state index < -0.39 is 0 Å². The lowest BCUT2D eigenvalue weighted by molar-refractivity contribution is -0.122. The second-order valence-electron chi connectivity index (χ2n) is 8.33. The molecular formula is C22H34N2O3. The van der Waals surface area contributed by atoms with E-state index in [4.69, 9.17) is 4.74 Å². The quantitative estimate of drug-likeness (QED) is 0.817. The van der Waals surface area contributed by atoms with Crippen LogP contribution in [0.15, 0.2) is 24.3 Å². The molecule has 0 aromatic heterocycles. The van der Waals surface area contributed by atoms with Gasteiger partial charge in [-0.3, -0.25) is 4.79 Å². The number of nitrogens with zero attached hydrogens (tertiary/aromatic N) is 1. The zero-order valence-corrected chi connectivity index (χ0v) is 17.2. The number of likely N-dealkylation sites (tertiary alicyclic amines) is 1. The van der Waals surface area contributed by atoms with Gasteiger partial charge < -0.3 is 15.0 Å². The lowest BCUT2D eigenvalue weighted by Gasteiger charge is -2.31. The topological polar surface area (TPSA) is 58.6 Å². The van der Waals surface area contributed by atoms with Crippen molar-refractivity contribution in [3.8, 4) is 0 Å². The van der Waals surface area contributed by atoms with E-state index in [2.05, 4.69) is 50.4 Å². The third-order valence-corrected chi connectivity index (χ3v) is 5.08. The maximum atomic E-state index is 12.2. The Balaban J connectivity index is 1.66. The van der Waals surface area contributed by atoms with Crippen molar-refractivity contribution < 1.29 is 14.3 Å². The standard InChI is InChI=1S/C22H34N2O3/c1-5-27-21(26)24-15-13-19(14-16-24)23-20(25)8-6-7-17-9-11-18(12-10-17)22(2,3)4/h9-12,19H,5-8,13-16H2,1-4H3,(H,23,25). The molecule has 2 rings (SSSR count). The van der Waals surface area contributed by atoms with E-state index in [0.29, 0.717) is 26.1 Å². The van der Waals surface area contributed by atoms with Gasteiger partial charge in [0.1, 0.15) is 0 Å². The van der Waals surface area contributed by atoms with Crippen LogP contribution < -0.4 is 5.32 Å². The molecule has 0 saturated carbocycles. The summed E-state index contributed by atoms with van der Waals surface area (Å²) < 4.78 is 5.02. The Morgan fingerprint density at radius 2 is 1.78 bits per heavy atom. The Hall–Kier alpha value is -2.04. The monoisotopic (exact) mass is 374 g/mol. The van der Waals surface area contributed by atoms with Crippen LogP contribution in [0.4, 0.5) is 4.79 Å². The van der Waals surface area contributed by atoms with E-state index in [1.165, 1.54) is 11.1 Å². The van der Waals surface area contributed by atoms with Gasteiger partial charge in [-0.25, -0.2) is 4.79 Å². The Morgan fingerprint density at radius 1 is 1.15 bits per heavy atom. The van der Waals surface area contributed by atoms with Gasteiger partial charge in [0.05, 0.1) is 6.61 Å². The fourth-order valence-corrected chi connectivity index (χ4v) is 3.35. The van der Waals surface area contributed by atoms with Gasteiger partial charge in [0, 0.05) is 25.6 Å². The number of carbonyl (C=O) groups excluding carboxylic acids is 2. The van der Waals surface area contributed by atoms with Crippen molar-refractivity contribution in [1.29, 1.82) is 0 Å². The molecule has 5 nitrogen and oxygen atoms in total. The fraction of sp³-hybridized carbons (Fsp3) is 0.636. The normalized spacial score (nSPS) is 15.5. The molecule has 1 aliphatic heterocycles. The first kappa shape index (κ1) is 21.3. The lowest BCUT2D eigenvalue weighted by atomic mass is 9.86. The van der Waals surface area contributed by atoms with Crippen molar-refractivity contribution in [2.45, 2.75) is 71.3 Å². The molecular weight excluding hydrogens is 340 g/mol. The molecule has 0 radical (unpaired) electrons. The first-order valence-corrected chi connectivity index (χ1v) is 10.1. The summed E-state index contributed by atoms with van der Waals surface area (Å²) in [6.45, 7) is 10.1. The molecule has 1 fully saturated rings. The first-order valence-electron chi connectivity index (χ1n) is 10.1. The minimum absolute atomic E-state index is 0.107. The maximum Gasteiger partial charge on any atom is 0.409 e. The Labute approximate surface area is 163 Å². The number of amides is 2. The van der Waals surface area contributed by atoms with Gasteiger partial charge >= 0.3 is 6.09 Å². The van der Waals surface area contributed by atoms with Crippen LogP contribution in [0.25, 0.3) is 0 Å². The molecule has 0 bridgehead atoms. The van der Waals surface area contributed by atoms with Gasteiger partial charge in [-0.2, -0.15) is 0 Å². The van der Waals surface area contributed by atoms with Gasteiger partial charge in [0.2, 0.25) is 5.91 Å². The number of piperidine rings is 1. The van der Waals surface area contributed by atoms with Crippen molar-refractivity contribution in [3.63, 3.8) is 0 Å². The van der Waals surface area contributed by atoms with Crippen molar-refractivity contribution in [2.24, 2.45) is 0 Å². The molecule has 0 spiro atoms. The number of ether oxygens (including phenoxy) is 1. The summed E-state index contributed by atoms with van der Waals surface area (Å²) in [6.07, 6.45) is 3.64. The van der Waals surface area contributed by atoms with Crippen molar-refractivity contribution in [2.75, 3.05) is 19.7 Å². The average molecular weight is 375 g/mol. The van der Waals surface area contributed by atoms with E-state index in [1.807, 2.05) is 6.92 Å². The van der Waals surface area contributed by atoms with Crippen LogP contribution in [0.5, 0.6) is 0 Å². The molecule has 2 amide bonds. The van der Waals surface area contributed by atoms with Crippen LogP contribution in [-0.2, 0) is 21.4 Å². The van der Waals surface area contributed by atoms with Crippen molar-refractivity contribution in [3.05, 3.63) is 35.4 Å². The van der Waals surface area contributed by atoms with E-state index in [1.54, 1.807) is 4.90 Å². The number of carbonyl (C=O) groups is 2. The third-order valence-electron chi connectivity index (χ3n) is 5.08. The Bertz CT molecular complexity index is 611. The highest BCUT2D eigenvalue weighted by Gasteiger charge is 2.24. The second kappa shape index (κ2) is 9.77. The number of hydrogen-bond acceptors (Lipinski definition) is 3. The average Bonchev–Trinajstić information content (AvgIpc) is 2.62. The summed E-state index contributed by atoms with van der Waals surface area (Å²) in [4.78, 5) is 25.6. The SMILES string of the molecule is CCOC(=O)N1CCC(NC(=O)CCCc2ccc(C(C)(C)C)cc2)CC1. The van der Waals surface area contributed by atoms with Gasteiger partial charge in [0.15, 0.2) is 0 Å². The Morgan fingerprint density at radius 3 is 2.33 bits per heavy atom.